The molecule has 2 aromatic carbocycles. The lowest BCUT2D eigenvalue weighted by atomic mass is 9.94. The summed E-state index contributed by atoms with van der Waals surface area (Å²) < 4.78 is 5.47. The number of aromatic amines is 1. The van der Waals surface area contributed by atoms with E-state index in [2.05, 4.69) is 10.3 Å². The number of halogens is 2. The molecule has 0 bridgehead atoms. The van der Waals surface area contributed by atoms with Gasteiger partial charge in [-0.25, -0.2) is 4.79 Å². The highest BCUT2D eigenvalue weighted by Gasteiger charge is 2.48. The summed E-state index contributed by atoms with van der Waals surface area (Å²) in [6.07, 6.45) is 0.544. The van der Waals surface area contributed by atoms with Crippen LogP contribution in [0, 0.1) is 0 Å². The van der Waals surface area contributed by atoms with E-state index in [4.69, 9.17) is 33.7 Å². The van der Waals surface area contributed by atoms with Crippen molar-refractivity contribution in [2.45, 2.75) is 12.1 Å². The van der Waals surface area contributed by atoms with E-state index in [0.29, 0.717) is 40.9 Å². The number of nitrogens with zero attached hydrogens (tertiary/aromatic N) is 1. The van der Waals surface area contributed by atoms with Gasteiger partial charge in [0.15, 0.2) is 0 Å². The fourth-order valence-corrected chi connectivity index (χ4v) is 4.20. The number of carbonyl (C=O) groups excluding carboxylic acids is 2. The number of anilines is 1. The van der Waals surface area contributed by atoms with Crippen molar-refractivity contribution in [3.63, 3.8) is 0 Å². The molecule has 0 saturated heterocycles. The summed E-state index contributed by atoms with van der Waals surface area (Å²) >= 11 is 12.2. The summed E-state index contributed by atoms with van der Waals surface area (Å²) in [7, 11) is 0. The first-order valence-electron chi connectivity index (χ1n) is 8.95. The first-order chi connectivity index (χ1) is 14.0. The van der Waals surface area contributed by atoms with Crippen molar-refractivity contribution in [1.82, 2.24) is 9.88 Å². The second-order valence-corrected chi connectivity index (χ2v) is 7.59. The van der Waals surface area contributed by atoms with Crippen molar-refractivity contribution >= 4 is 52.3 Å². The zero-order chi connectivity index (χ0) is 20.6. The molecule has 9 heteroatoms. The Bertz CT molecular complexity index is 1100. The third-order valence-electron chi connectivity index (χ3n) is 5.12. The lowest BCUT2D eigenvalue weighted by molar-refractivity contribution is -0.165. The molecule has 150 valence electrons. The van der Waals surface area contributed by atoms with E-state index in [1.165, 1.54) is 4.90 Å². The number of carbonyl (C=O) groups is 2. The van der Waals surface area contributed by atoms with Crippen LogP contribution in [0.2, 0.25) is 10.0 Å². The van der Waals surface area contributed by atoms with Gasteiger partial charge in [-0.05, 0) is 48.4 Å². The van der Waals surface area contributed by atoms with Crippen molar-refractivity contribution in [3.8, 4) is 0 Å². The molecule has 7 nitrogen and oxygen atoms in total. The lowest BCUT2D eigenvalue weighted by Crippen LogP contribution is -2.59. The van der Waals surface area contributed by atoms with E-state index in [0.717, 1.165) is 16.5 Å². The molecular weight excluding hydrogens is 415 g/mol. The second kappa shape index (κ2) is 7.59. The second-order valence-electron chi connectivity index (χ2n) is 6.71. The molecule has 1 aliphatic rings. The molecule has 0 fully saturated rings. The molecule has 4 N–H and O–H groups in total. The predicted molar refractivity (Wildman–Crippen MR) is 112 cm³/mol. The number of amides is 2. The molecule has 1 aromatic heterocycles. The fraction of sp³-hybridized carbons (Fsp3) is 0.200. The number of aromatic nitrogens is 1. The maximum absolute atomic E-state index is 13.1. The van der Waals surface area contributed by atoms with E-state index >= 15 is 0 Å². The average Bonchev–Trinajstić information content (AvgIpc) is 3.07. The Hall–Kier alpha value is -2.74. The Morgan fingerprint density at radius 1 is 1.28 bits per heavy atom. The van der Waals surface area contributed by atoms with Crippen LogP contribution in [0.15, 0.2) is 42.5 Å². The number of hydrogen-bond donors (Lipinski definition) is 3. The number of hydrogen-bond acceptors (Lipinski definition) is 4. The van der Waals surface area contributed by atoms with Gasteiger partial charge >= 0.3 is 6.03 Å². The summed E-state index contributed by atoms with van der Waals surface area (Å²) in [6, 6.07) is 11.8. The molecule has 29 heavy (non-hydrogen) atoms. The first kappa shape index (κ1) is 19.6. The van der Waals surface area contributed by atoms with Crippen molar-refractivity contribution in [1.29, 1.82) is 0 Å². The zero-order valence-corrected chi connectivity index (χ0v) is 16.8. The summed E-state index contributed by atoms with van der Waals surface area (Å²) in [4.78, 5) is 29.2. The van der Waals surface area contributed by atoms with Crippen LogP contribution < -0.4 is 11.1 Å². The maximum atomic E-state index is 13.1. The number of ether oxygens (including phenoxy) is 1. The standard InChI is InChI=1S/C20H18Cl2N4O3/c21-12-2-1-3-14(8-12)24-19(28)26-7-6-15-16-9-13(22)4-5-17(16)25-18(15)20(26,10-23)29-11-27/h1-5,8-9,11,25H,6-7,10,23H2,(H,24,28). The highest BCUT2D eigenvalue weighted by Crippen LogP contribution is 2.40. The summed E-state index contributed by atoms with van der Waals surface area (Å²) in [5.74, 6) is 0. The van der Waals surface area contributed by atoms with Crippen LogP contribution >= 0.6 is 23.2 Å². The van der Waals surface area contributed by atoms with E-state index in [1.807, 2.05) is 12.1 Å². The van der Waals surface area contributed by atoms with Crippen LogP contribution in [0.4, 0.5) is 10.5 Å². The van der Waals surface area contributed by atoms with Crippen LogP contribution in [-0.4, -0.2) is 35.5 Å². The minimum absolute atomic E-state index is 0.123. The van der Waals surface area contributed by atoms with Crippen molar-refractivity contribution < 1.29 is 14.3 Å². The van der Waals surface area contributed by atoms with Crippen LogP contribution in [0.3, 0.4) is 0 Å². The molecule has 2 amide bonds. The molecule has 0 aliphatic carbocycles. The van der Waals surface area contributed by atoms with Gasteiger partial charge in [0, 0.05) is 33.2 Å². The molecule has 4 rings (SSSR count). The number of rotatable bonds is 4. The molecule has 0 saturated carbocycles. The van der Waals surface area contributed by atoms with Gasteiger partial charge in [0.1, 0.15) is 0 Å². The minimum Gasteiger partial charge on any atom is -0.433 e. The quantitative estimate of drug-likeness (QED) is 0.544. The number of fused-ring (bicyclic) bond motifs is 3. The molecular formula is C20H18Cl2N4O3. The van der Waals surface area contributed by atoms with Gasteiger partial charge in [-0.2, -0.15) is 0 Å². The first-order valence-corrected chi connectivity index (χ1v) is 9.70. The Balaban J connectivity index is 1.78. The van der Waals surface area contributed by atoms with Gasteiger partial charge in [0.2, 0.25) is 5.72 Å². The van der Waals surface area contributed by atoms with Gasteiger partial charge < -0.3 is 20.8 Å². The molecule has 3 aromatic rings. The van der Waals surface area contributed by atoms with Gasteiger partial charge in [0.05, 0.1) is 12.2 Å². The minimum atomic E-state index is -1.47. The SMILES string of the molecule is NCC1(OC=O)c2[nH]c3ccc(Cl)cc3c2CCN1C(=O)Nc1cccc(Cl)c1. The third-order valence-corrected chi connectivity index (χ3v) is 5.59. The van der Waals surface area contributed by atoms with E-state index in [9.17, 15) is 9.59 Å². The van der Waals surface area contributed by atoms with Crippen LogP contribution in [0.5, 0.6) is 0 Å². The highest BCUT2D eigenvalue weighted by molar-refractivity contribution is 6.31. The normalized spacial score (nSPS) is 18.4. The number of benzene rings is 2. The van der Waals surface area contributed by atoms with Crippen molar-refractivity contribution in [3.05, 3.63) is 63.8 Å². The highest BCUT2D eigenvalue weighted by atomic mass is 35.5. The number of H-pyrrole nitrogens is 1. The molecule has 0 radical (unpaired) electrons. The maximum Gasteiger partial charge on any atom is 0.325 e. The topological polar surface area (TPSA) is 100 Å². The Labute approximate surface area is 176 Å². The largest absolute Gasteiger partial charge is 0.433 e. The molecule has 2 heterocycles. The number of nitrogens with two attached hydrogens (primary N) is 1. The van der Waals surface area contributed by atoms with Gasteiger partial charge in [0.25, 0.3) is 6.47 Å². The van der Waals surface area contributed by atoms with Crippen molar-refractivity contribution in [2.75, 3.05) is 18.4 Å². The summed E-state index contributed by atoms with van der Waals surface area (Å²) in [5, 5.41) is 4.79. The number of urea groups is 1. The summed E-state index contributed by atoms with van der Waals surface area (Å²) in [6.45, 7) is 0.478. The van der Waals surface area contributed by atoms with Gasteiger partial charge in [-0.1, -0.05) is 29.3 Å². The molecule has 1 atom stereocenters. The van der Waals surface area contributed by atoms with Crippen LogP contribution in [0.25, 0.3) is 10.9 Å². The Kier molecular flexibility index (Phi) is 5.12. The zero-order valence-electron chi connectivity index (χ0n) is 15.2. The summed E-state index contributed by atoms with van der Waals surface area (Å²) in [5.41, 5.74) is 7.42. The lowest BCUT2D eigenvalue weighted by Gasteiger charge is -2.44. The smallest absolute Gasteiger partial charge is 0.325 e. The molecule has 1 aliphatic heterocycles. The Morgan fingerprint density at radius 2 is 2.07 bits per heavy atom. The fourth-order valence-electron chi connectivity index (χ4n) is 3.84. The molecule has 1 unspecified atom stereocenters. The van der Waals surface area contributed by atoms with Gasteiger partial charge in [-0.15, -0.1) is 0 Å². The van der Waals surface area contributed by atoms with E-state index < -0.39 is 11.8 Å². The van der Waals surface area contributed by atoms with Crippen LogP contribution in [0.1, 0.15) is 11.3 Å². The monoisotopic (exact) mass is 432 g/mol. The Morgan fingerprint density at radius 3 is 2.79 bits per heavy atom. The molecule has 0 spiro atoms. The van der Waals surface area contributed by atoms with E-state index in [1.54, 1.807) is 30.3 Å². The number of nitrogens with one attached hydrogen (secondary N) is 2. The van der Waals surface area contributed by atoms with Crippen molar-refractivity contribution in [2.24, 2.45) is 5.73 Å². The predicted octanol–water partition coefficient (Wildman–Crippen LogP) is 3.85. The van der Waals surface area contributed by atoms with E-state index in [-0.39, 0.29) is 6.54 Å². The van der Waals surface area contributed by atoms with Crippen LogP contribution in [-0.2, 0) is 21.7 Å². The van der Waals surface area contributed by atoms with Gasteiger partial charge in [-0.3, -0.25) is 9.69 Å². The average molecular weight is 433 g/mol. The third kappa shape index (κ3) is 3.31.